The summed E-state index contributed by atoms with van der Waals surface area (Å²) in [6, 6.07) is 1.10. The highest BCUT2D eigenvalue weighted by molar-refractivity contribution is 5.92. The van der Waals surface area contributed by atoms with Gasteiger partial charge in [-0.25, -0.2) is 4.79 Å². The van der Waals surface area contributed by atoms with Crippen molar-refractivity contribution in [2.24, 2.45) is 0 Å². The Hall–Kier alpha value is -1.79. The van der Waals surface area contributed by atoms with E-state index in [2.05, 4.69) is 4.98 Å². The zero-order valence-corrected chi connectivity index (χ0v) is 9.08. The largest absolute Gasteiger partial charge is 0.490 e. The van der Waals surface area contributed by atoms with Crippen molar-refractivity contribution in [3.63, 3.8) is 0 Å². The quantitative estimate of drug-likeness (QED) is 0.894. The monoisotopic (exact) mass is 249 g/mol. The van der Waals surface area contributed by atoms with E-state index in [9.17, 15) is 18.0 Å². The van der Waals surface area contributed by atoms with Crippen LogP contribution in [0.15, 0.2) is 12.3 Å². The Bertz CT molecular complexity index is 429. The van der Waals surface area contributed by atoms with Gasteiger partial charge in [0.15, 0.2) is 5.69 Å². The molecule has 17 heavy (non-hydrogen) atoms. The lowest BCUT2D eigenvalue weighted by molar-refractivity contribution is -0.141. The molecule has 1 aromatic heterocycles. The number of hydrogen-bond acceptors (Lipinski definition) is 3. The molecule has 94 valence electrons. The molecule has 0 aromatic carbocycles. The average Bonchev–Trinajstić information content (AvgIpc) is 2.14. The van der Waals surface area contributed by atoms with Crippen molar-refractivity contribution in [1.82, 2.24) is 4.98 Å². The first kappa shape index (κ1) is 13.3. The number of aromatic carboxylic acids is 1. The van der Waals surface area contributed by atoms with Crippen LogP contribution in [0, 0.1) is 0 Å². The molecular formula is C10H10F3NO3. The number of nitrogens with zero attached hydrogens (tertiary/aromatic N) is 1. The summed E-state index contributed by atoms with van der Waals surface area (Å²) >= 11 is 0. The normalized spacial score (nSPS) is 11.6. The van der Waals surface area contributed by atoms with Gasteiger partial charge in [0, 0.05) is 6.20 Å². The average molecular weight is 249 g/mol. The van der Waals surface area contributed by atoms with E-state index < -0.39 is 29.5 Å². The van der Waals surface area contributed by atoms with Crippen molar-refractivity contribution in [2.75, 3.05) is 0 Å². The van der Waals surface area contributed by atoms with Crippen molar-refractivity contribution in [2.45, 2.75) is 26.1 Å². The van der Waals surface area contributed by atoms with E-state index in [1.807, 2.05) is 0 Å². The Morgan fingerprint density at radius 2 is 2.06 bits per heavy atom. The molecular weight excluding hydrogens is 239 g/mol. The van der Waals surface area contributed by atoms with Crippen LogP contribution in [0.25, 0.3) is 0 Å². The fourth-order valence-electron chi connectivity index (χ4n) is 1.22. The van der Waals surface area contributed by atoms with E-state index in [0.717, 1.165) is 12.3 Å². The van der Waals surface area contributed by atoms with Gasteiger partial charge in [0.2, 0.25) is 0 Å². The molecule has 0 bridgehead atoms. The summed E-state index contributed by atoms with van der Waals surface area (Å²) in [4.78, 5) is 13.9. The first-order chi connectivity index (χ1) is 7.73. The molecule has 0 saturated carbocycles. The van der Waals surface area contributed by atoms with Gasteiger partial charge in [-0.2, -0.15) is 13.2 Å². The van der Waals surface area contributed by atoms with Gasteiger partial charge < -0.3 is 9.84 Å². The smallest absolute Gasteiger partial charge is 0.434 e. The molecule has 0 fully saturated rings. The molecule has 1 heterocycles. The molecule has 0 radical (unpaired) electrons. The number of halogens is 3. The van der Waals surface area contributed by atoms with Crippen LogP contribution in [-0.4, -0.2) is 22.2 Å². The van der Waals surface area contributed by atoms with Gasteiger partial charge in [0.05, 0.1) is 6.10 Å². The number of carboxylic acids is 1. The molecule has 7 heteroatoms. The van der Waals surface area contributed by atoms with Gasteiger partial charge >= 0.3 is 12.1 Å². The van der Waals surface area contributed by atoms with Crippen LogP contribution in [0.3, 0.4) is 0 Å². The predicted octanol–water partition coefficient (Wildman–Crippen LogP) is 2.59. The maximum Gasteiger partial charge on any atom is 0.434 e. The predicted molar refractivity (Wildman–Crippen MR) is 52.0 cm³/mol. The third-order valence-corrected chi connectivity index (χ3v) is 1.76. The Balaban J connectivity index is 3.38. The summed E-state index contributed by atoms with van der Waals surface area (Å²) < 4.78 is 42.7. The zero-order chi connectivity index (χ0) is 13.2. The van der Waals surface area contributed by atoms with E-state index in [1.165, 1.54) is 0 Å². The molecule has 1 aromatic rings. The summed E-state index contributed by atoms with van der Waals surface area (Å²) in [7, 11) is 0. The highest BCUT2D eigenvalue weighted by Gasteiger charge is 2.39. The van der Waals surface area contributed by atoms with Crippen molar-refractivity contribution < 1.29 is 27.8 Å². The van der Waals surface area contributed by atoms with Crippen molar-refractivity contribution in [3.8, 4) is 5.75 Å². The van der Waals surface area contributed by atoms with Gasteiger partial charge in [0.25, 0.3) is 0 Å². The summed E-state index contributed by atoms with van der Waals surface area (Å²) in [5.41, 5.74) is -2.42. The lowest BCUT2D eigenvalue weighted by atomic mass is 10.1. The van der Waals surface area contributed by atoms with Crippen LogP contribution in [0.5, 0.6) is 5.75 Å². The molecule has 0 amide bonds. The zero-order valence-electron chi connectivity index (χ0n) is 9.08. The first-order valence-corrected chi connectivity index (χ1v) is 4.69. The molecule has 0 aliphatic carbocycles. The number of hydrogen-bond donors (Lipinski definition) is 1. The van der Waals surface area contributed by atoms with Gasteiger partial charge in [-0.15, -0.1) is 0 Å². The van der Waals surface area contributed by atoms with Crippen LogP contribution in [-0.2, 0) is 6.18 Å². The highest BCUT2D eigenvalue weighted by Crippen LogP contribution is 2.34. The minimum atomic E-state index is -4.83. The highest BCUT2D eigenvalue weighted by atomic mass is 19.4. The minimum absolute atomic E-state index is 0.338. The molecule has 0 unspecified atom stereocenters. The number of aromatic nitrogens is 1. The molecule has 0 saturated heterocycles. The third-order valence-electron chi connectivity index (χ3n) is 1.76. The van der Waals surface area contributed by atoms with Crippen LogP contribution < -0.4 is 4.74 Å². The van der Waals surface area contributed by atoms with E-state index in [1.54, 1.807) is 13.8 Å². The second-order valence-electron chi connectivity index (χ2n) is 3.50. The van der Waals surface area contributed by atoms with E-state index in [0.29, 0.717) is 0 Å². The maximum absolute atomic E-state index is 12.5. The molecule has 4 nitrogen and oxygen atoms in total. The second kappa shape index (κ2) is 4.60. The Morgan fingerprint density at radius 3 is 2.47 bits per heavy atom. The molecule has 0 spiro atoms. The number of alkyl halides is 3. The topological polar surface area (TPSA) is 59.4 Å². The summed E-state index contributed by atoms with van der Waals surface area (Å²) in [6.45, 7) is 3.17. The van der Waals surface area contributed by atoms with Crippen molar-refractivity contribution >= 4 is 5.97 Å². The van der Waals surface area contributed by atoms with Crippen LogP contribution in [0.1, 0.15) is 29.9 Å². The van der Waals surface area contributed by atoms with Crippen LogP contribution in [0.4, 0.5) is 13.2 Å². The maximum atomic E-state index is 12.5. The van der Waals surface area contributed by atoms with Gasteiger partial charge in [0.1, 0.15) is 11.3 Å². The molecule has 0 aliphatic heterocycles. The number of pyridine rings is 1. The van der Waals surface area contributed by atoms with E-state index in [4.69, 9.17) is 9.84 Å². The summed E-state index contributed by atoms with van der Waals surface area (Å²) in [5.74, 6) is -2.06. The fourth-order valence-corrected chi connectivity index (χ4v) is 1.22. The Morgan fingerprint density at radius 1 is 1.47 bits per heavy atom. The molecule has 0 atom stereocenters. The van der Waals surface area contributed by atoms with E-state index in [-0.39, 0.29) is 5.75 Å². The standard InChI is InChI=1S/C10H10F3NO3/c1-5(2)17-6-3-4-14-8(10(11,12)13)7(6)9(15)16/h3-5H,1-2H3,(H,15,16). The number of carboxylic acid groups (broad SMARTS) is 1. The fraction of sp³-hybridized carbons (Fsp3) is 0.400. The van der Waals surface area contributed by atoms with Crippen LogP contribution in [0.2, 0.25) is 0 Å². The van der Waals surface area contributed by atoms with Crippen molar-refractivity contribution in [1.29, 1.82) is 0 Å². The number of carbonyl (C=O) groups is 1. The van der Waals surface area contributed by atoms with Crippen molar-refractivity contribution in [3.05, 3.63) is 23.5 Å². The third kappa shape index (κ3) is 3.08. The van der Waals surface area contributed by atoms with Gasteiger partial charge in [-0.05, 0) is 19.9 Å². The Labute approximate surface area is 95.0 Å². The number of ether oxygens (including phenoxy) is 1. The second-order valence-corrected chi connectivity index (χ2v) is 3.50. The lowest BCUT2D eigenvalue weighted by Crippen LogP contribution is -2.18. The van der Waals surface area contributed by atoms with Gasteiger partial charge in [-0.3, -0.25) is 4.98 Å². The molecule has 1 N–H and O–H groups in total. The molecule has 1 rings (SSSR count). The van der Waals surface area contributed by atoms with Gasteiger partial charge in [-0.1, -0.05) is 0 Å². The summed E-state index contributed by atoms with van der Waals surface area (Å²) in [5, 5.41) is 8.80. The minimum Gasteiger partial charge on any atom is -0.490 e. The first-order valence-electron chi connectivity index (χ1n) is 4.69. The summed E-state index contributed by atoms with van der Waals surface area (Å²) in [6.07, 6.45) is -4.39. The Kier molecular flexibility index (Phi) is 3.59. The lowest BCUT2D eigenvalue weighted by Gasteiger charge is -2.15. The van der Waals surface area contributed by atoms with Crippen LogP contribution >= 0.6 is 0 Å². The number of rotatable bonds is 3. The SMILES string of the molecule is CC(C)Oc1ccnc(C(F)(F)F)c1C(=O)O. The molecule has 0 aliphatic rings. The van der Waals surface area contributed by atoms with E-state index >= 15 is 0 Å².